The largest absolute Gasteiger partial charge is 0.334 e. The Hall–Kier alpha value is -2.01. The molecule has 1 saturated heterocycles. The lowest BCUT2D eigenvalue weighted by Crippen LogP contribution is -2.44. The molecular weight excluding hydrogens is 406 g/mol. The highest BCUT2D eigenvalue weighted by atomic mass is 35.5. The Bertz CT molecular complexity index is 1010. The second kappa shape index (κ2) is 7.43. The van der Waals surface area contributed by atoms with Gasteiger partial charge in [0.15, 0.2) is 5.82 Å². The van der Waals surface area contributed by atoms with Gasteiger partial charge in [0, 0.05) is 31.2 Å². The molecule has 1 atom stereocenters. The number of piperazine rings is 1. The monoisotopic (exact) mass is 427 g/mol. The van der Waals surface area contributed by atoms with Gasteiger partial charge in [-0.05, 0) is 39.1 Å². The van der Waals surface area contributed by atoms with E-state index < -0.39 is 22.0 Å². The fourth-order valence-electron chi connectivity index (χ4n) is 3.47. The lowest BCUT2D eigenvalue weighted by Gasteiger charge is -2.30. The minimum Gasteiger partial charge on any atom is -0.334 e. The summed E-state index contributed by atoms with van der Waals surface area (Å²) in [6, 6.07) is 4.11. The highest BCUT2D eigenvalue weighted by Crippen LogP contribution is 2.35. The summed E-state index contributed by atoms with van der Waals surface area (Å²) in [6.45, 7) is 5.83. The number of nitrogens with one attached hydrogen (secondary N) is 1. The number of sulfonamides is 1. The molecule has 28 heavy (non-hydrogen) atoms. The first-order valence-electron chi connectivity index (χ1n) is 8.78. The maximum absolute atomic E-state index is 12.7. The highest BCUT2D eigenvalue weighted by molar-refractivity contribution is 7.90. The fraction of sp³-hybridized carbons (Fsp3) is 0.471. The Balaban J connectivity index is 0.00000225. The third-order valence-electron chi connectivity index (χ3n) is 4.92. The molecule has 4 rings (SSSR count). The smallest absolute Gasteiger partial charge is 0.269 e. The van der Waals surface area contributed by atoms with Crippen LogP contribution in [0, 0.1) is 0 Å². The van der Waals surface area contributed by atoms with E-state index in [1.807, 2.05) is 7.05 Å². The third-order valence-corrected chi connectivity index (χ3v) is 6.91. The van der Waals surface area contributed by atoms with E-state index in [4.69, 9.17) is 4.52 Å². The molecular formula is C17H22ClN5O4S. The molecule has 11 heteroatoms. The molecule has 152 valence electrons. The molecule has 0 aliphatic carbocycles. The van der Waals surface area contributed by atoms with Crippen LogP contribution >= 0.6 is 12.4 Å². The number of carbonyl (C=O) groups excluding carboxylic acids is 1. The van der Waals surface area contributed by atoms with E-state index >= 15 is 0 Å². The number of aromatic nitrogens is 2. The van der Waals surface area contributed by atoms with E-state index in [0.29, 0.717) is 17.9 Å². The van der Waals surface area contributed by atoms with Gasteiger partial charge in [-0.25, -0.2) is 12.7 Å². The molecule has 1 fully saturated rings. The van der Waals surface area contributed by atoms with Crippen molar-refractivity contribution in [3.8, 4) is 11.5 Å². The predicted molar refractivity (Wildman–Crippen MR) is 104 cm³/mol. The van der Waals surface area contributed by atoms with Crippen molar-refractivity contribution in [2.24, 2.45) is 0 Å². The Morgan fingerprint density at radius 1 is 1.32 bits per heavy atom. The minimum absolute atomic E-state index is 0. The molecule has 2 aromatic rings. The molecule has 0 spiro atoms. The second-order valence-corrected chi connectivity index (χ2v) is 8.85. The van der Waals surface area contributed by atoms with Crippen LogP contribution in [0.1, 0.15) is 36.1 Å². The van der Waals surface area contributed by atoms with Crippen LogP contribution in [0.4, 0.5) is 0 Å². The van der Waals surface area contributed by atoms with Crippen molar-refractivity contribution in [2.45, 2.75) is 30.8 Å². The molecule has 2 aliphatic heterocycles. The molecule has 0 saturated carbocycles. The lowest BCUT2D eigenvalue weighted by atomic mass is 10.1. The van der Waals surface area contributed by atoms with E-state index in [1.54, 1.807) is 19.9 Å². The third kappa shape index (κ3) is 3.20. The number of carbonyl (C=O) groups is 1. The van der Waals surface area contributed by atoms with Gasteiger partial charge in [0.2, 0.25) is 0 Å². The SMILES string of the molecule is CC(C)N1C(=O)c2ccc(-c3nc(C4CNCCN4C)no3)cc2S1(=O)=O.Cl. The summed E-state index contributed by atoms with van der Waals surface area (Å²) in [5.41, 5.74) is 0.643. The summed E-state index contributed by atoms with van der Waals surface area (Å²) >= 11 is 0. The van der Waals surface area contributed by atoms with Crippen LogP contribution in [-0.2, 0) is 10.0 Å². The molecule has 1 aromatic carbocycles. The number of amides is 1. The summed E-state index contributed by atoms with van der Waals surface area (Å²) in [6.07, 6.45) is 0. The normalized spacial score (nSPS) is 21.6. The number of hydrogen-bond donors (Lipinski definition) is 1. The second-order valence-electron chi connectivity index (χ2n) is 7.07. The van der Waals surface area contributed by atoms with Crippen LogP contribution in [0.2, 0.25) is 0 Å². The molecule has 1 aromatic heterocycles. The molecule has 3 heterocycles. The van der Waals surface area contributed by atoms with Crippen molar-refractivity contribution in [3.05, 3.63) is 29.6 Å². The Morgan fingerprint density at radius 3 is 2.75 bits per heavy atom. The number of likely N-dealkylation sites (N-methyl/N-ethyl adjacent to an activating group) is 1. The first-order valence-corrected chi connectivity index (χ1v) is 10.2. The van der Waals surface area contributed by atoms with Crippen molar-refractivity contribution >= 4 is 28.3 Å². The molecule has 1 unspecified atom stereocenters. The lowest BCUT2D eigenvalue weighted by molar-refractivity contribution is 0.0846. The van der Waals surface area contributed by atoms with Gasteiger partial charge in [-0.2, -0.15) is 4.98 Å². The Kier molecular flexibility index (Phi) is 5.50. The van der Waals surface area contributed by atoms with Crippen molar-refractivity contribution in [1.29, 1.82) is 0 Å². The van der Waals surface area contributed by atoms with E-state index in [2.05, 4.69) is 20.4 Å². The summed E-state index contributed by atoms with van der Waals surface area (Å²) in [4.78, 5) is 19.0. The van der Waals surface area contributed by atoms with Crippen LogP contribution in [0.3, 0.4) is 0 Å². The predicted octanol–water partition coefficient (Wildman–Crippen LogP) is 1.29. The maximum atomic E-state index is 12.7. The molecule has 9 nitrogen and oxygen atoms in total. The molecule has 0 radical (unpaired) electrons. The van der Waals surface area contributed by atoms with E-state index in [1.165, 1.54) is 12.1 Å². The average molecular weight is 428 g/mol. The van der Waals surface area contributed by atoms with Gasteiger partial charge in [-0.3, -0.25) is 9.69 Å². The standard InChI is InChI=1S/C17H21N5O4S.ClH/c1-10(2)22-17(23)12-5-4-11(8-14(12)27(22,24)25)16-19-15(20-26-16)13-9-18-6-7-21(13)3;/h4-5,8,10,13,18H,6-7,9H2,1-3H3;1H. The van der Waals surface area contributed by atoms with Crippen molar-refractivity contribution < 1.29 is 17.7 Å². The summed E-state index contributed by atoms with van der Waals surface area (Å²) in [7, 11) is -1.88. The van der Waals surface area contributed by atoms with Gasteiger partial charge in [0.25, 0.3) is 21.8 Å². The topological polar surface area (TPSA) is 109 Å². The molecule has 0 bridgehead atoms. The maximum Gasteiger partial charge on any atom is 0.269 e. The number of nitrogens with zero attached hydrogens (tertiary/aromatic N) is 4. The first kappa shape index (κ1) is 20.7. The van der Waals surface area contributed by atoms with Gasteiger partial charge in [-0.15, -0.1) is 12.4 Å². The van der Waals surface area contributed by atoms with Crippen LogP contribution < -0.4 is 5.32 Å². The van der Waals surface area contributed by atoms with Gasteiger partial charge in [-0.1, -0.05) is 5.16 Å². The summed E-state index contributed by atoms with van der Waals surface area (Å²) < 4.78 is 31.8. The zero-order valence-corrected chi connectivity index (χ0v) is 17.4. The summed E-state index contributed by atoms with van der Waals surface area (Å²) in [5, 5.41) is 7.35. The van der Waals surface area contributed by atoms with Crippen LogP contribution in [-0.4, -0.2) is 66.4 Å². The number of rotatable bonds is 3. The van der Waals surface area contributed by atoms with Crippen molar-refractivity contribution in [1.82, 2.24) is 24.7 Å². The number of hydrogen-bond acceptors (Lipinski definition) is 8. The quantitative estimate of drug-likeness (QED) is 0.780. The average Bonchev–Trinajstić information content (AvgIpc) is 3.17. The first-order chi connectivity index (χ1) is 12.8. The van der Waals surface area contributed by atoms with Gasteiger partial charge in [0.1, 0.15) is 4.90 Å². The van der Waals surface area contributed by atoms with E-state index in [0.717, 1.165) is 17.4 Å². The summed E-state index contributed by atoms with van der Waals surface area (Å²) in [5.74, 6) is 0.271. The number of halogens is 1. The van der Waals surface area contributed by atoms with Gasteiger partial charge < -0.3 is 9.84 Å². The zero-order valence-electron chi connectivity index (χ0n) is 15.7. The van der Waals surface area contributed by atoms with E-state index in [-0.39, 0.29) is 34.8 Å². The number of fused-ring (bicyclic) bond motifs is 1. The molecule has 2 aliphatic rings. The van der Waals surface area contributed by atoms with Crippen LogP contribution in [0.5, 0.6) is 0 Å². The zero-order chi connectivity index (χ0) is 19.3. The van der Waals surface area contributed by atoms with Gasteiger partial charge >= 0.3 is 0 Å². The van der Waals surface area contributed by atoms with Crippen LogP contribution in [0.25, 0.3) is 11.5 Å². The van der Waals surface area contributed by atoms with Crippen molar-refractivity contribution in [2.75, 3.05) is 26.7 Å². The van der Waals surface area contributed by atoms with Crippen LogP contribution in [0.15, 0.2) is 27.6 Å². The van der Waals surface area contributed by atoms with E-state index in [9.17, 15) is 13.2 Å². The minimum atomic E-state index is -3.87. The Morgan fingerprint density at radius 2 is 2.07 bits per heavy atom. The fourth-order valence-corrected chi connectivity index (χ4v) is 5.27. The van der Waals surface area contributed by atoms with Crippen molar-refractivity contribution in [3.63, 3.8) is 0 Å². The number of benzene rings is 1. The van der Waals surface area contributed by atoms with Gasteiger partial charge in [0.05, 0.1) is 11.6 Å². The Labute approximate surface area is 169 Å². The highest BCUT2D eigenvalue weighted by Gasteiger charge is 2.43. The molecule has 1 N–H and O–H groups in total. The molecule has 1 amide bonds.